The van der Waals surface area contributed by atoms with E-state index in [-0.39, 0.29) is 35.4 Å². The Hall–Kier alpha value is -3.30. The predicted octanol–water partition coefficient (Wildman–Crippen LogP) is 3.55. The lowest BCUT2D eigenvalue weighted by atomic mass is 9.62. The molecule has 0 radical (unpaired) electrons. The van der Waals surface area contributed by atoms with Crippen molar-refractivity contribution in [2.75, 3.05) is 4.90 Å². The average molecular weight is 466 g/mol. The SMILES string of the molecule is CC(C)[C@H]1C[C@@H]2C(=O)N(c3cccc([N+](=O)[O-])c3)C(=O)[C@@H]2[C@@H]2C[C@@H](c3cccc(O)c3)O[C@]12O. The number of fused-ring (bicyclic) bond motifs is 3. The Bertz CT molecular complexity index is 1180. The largest absolute Gasteiger partial charge is 0.508 e. The molecular formula is C25H26N2O7. The zero-order valence-electron chi connectivity index (χ0n) is 18.8. The quantitative estimate of drug-likeness (QED) is 0.400. The molecule has 178 valence electrons. The van der Waals surface area contributed by atoms with Gasteiger partial charge in [-0.3, -0.25) is 19.7 Å². The number of ether oxygens (including phenoxy) is 1. The molecule has 2 saturated heterocycles. The fourth-order valence-corrected chi connectivity index (χ4v) is 6.10. The van der Waals surface area contributed by atoms with Gasteiger partial charge < -0.3 is 14.9 Å². The van der Waals surface area contributed by atoms with Gasteiger partial charge in [0.25, 0.3) is 5.69 Å². The number of hydrogen-bond acceptors (Lipinski definition) is 7. The summed E-state index contributed by atoms with van der Waals surface area (Å²) < 4.78 is 6.22. The smallest absolute Gasteiger partial charge is 0.271 e. The first kappa shape index (κ1) is 22.5. The van der Waals surface area contributed by atoms with Crippen molar-refractivity contribution >= 4 is 23.2 Å². The van der Waals surface area contributed by atoms with Crippen LogP contribution >= 0.6 is 0 Å². The minimum atomic E-state index is -1.61. The van der Waals surface area contributed by atoms with Gasteiger partial charge in [0.05, 0.1) is 28.6 Å². The Labute approximate surface area is 196 Å². The lowest BCUT2D eigenvalue weighted by Gasteiger charge is -2.46. The monoisotopic (exact) mass is 466 g/mol. The highest BCUT2D eigenvalue weighted by molar-refractivity contribution is 6.22. The van der Waals surface area contributed by atoms with E-state index in [9.17, 15) is 29.9 Å². The number of aliphatic hydroxyl groups is 1. The van der Waals surface area contributed by atoms with E-state index in [1.54, 1.807) is 24.3 Å². The minimum absolute atomic E-state index is 0.0221. The van der Waals surface area contributed by atoms with E-state index in [0.717, 1.165) is 4.90 Å². The van der Waals surface area contributed by atoms with Crippen molar-refractivity contribution in [2.45, 2.75) is 38.6 Å². The Morgan fingerprint density at radius 2 is 1.85 bits per heavy atom. The maximum absolute atomic E-state index is 13.6. The molecule has 34 heavy (non-hydrogen) atoms. The molecule has 5 rings (SSSR count). The van der Waals surface area contributed by atoms with E-state index in [4.69, 9.17) is 4.74 Å². The molecule has 1 aliphatic carbocycles. The van der Waals surface area contributed by atoms with E-state index < -0.39 is 46.4 Å². The molecule has 6 atom stereocenters. The van der Waals surface area contributed by atoms with E-state index >= 15 is 0 Å². The van der Waals surface area contributed by atoms with Crippen LogP contribution in [0.5, 0.6) is 5.75 Å². The van der Waals surface area contributed by atoms with Gasteiger partial charge in [-0.05, 0) is 42.5 Å². The van der Waals surface area contributed by atoms with E-state index in [1.807, 2.05) is 13.8 Å². The summed E-state index contributed by atoms with van der Waals surface area (Å²) in [4.78, 5) is 38.8. The normalized spacial score (nSPS) is 32.7. The van der Waals surface area contributed by atoms with E-state index in [1.165, 1.54) is 24.3 Å². The van der Waals surface area contributed by atoms with Crippen molar-refractivity contribution in [3.63, 3.8) is 0 Å². The molecule has 0 aromatic heterocycles. The number of hydrogen-bond donors (Lipinski definition) is 2. The lowest BCUT2D eigenvalue weighted by molar-refractivity contribution is -0.384. The van der Waals surface area contributed by atoms with Crippen molar-refractivity contribution in [3.8, 4) is 5.75 Å². The number of anilines is 1. The predicted molar refractivity (Wildman–Crippen MR) is 121 cm³/mol. The fraction of sp³-hybridized carbons (Fsp3) is 0.440. The van der Waals surface area contributed by atoms with Gasteiger partial charge in [0, 0.05) is 24.0 Å². The molecule has 2 amide bonds. The number of nitro groups is 1. The molecular weight excluding hydrogens is 440 g/mol. The van der Waals surface area contributed by atoms with Crippen molar-refractivity contribution in [1.29, 1.82) is 0 Å². The number of nitro benzene ring substituents is 1. The highest BCUT2D eigenvalue weighted by atomic mass is 16.6. The first-order chi connectivity index (χ1) is 16.1. The molecule has 0 spiro atoms. The number of benzene rings is 2. The van der Waals surface area contributed by atoms with Gasteiger partial charge in [-0.15, -0.1) is 0 Å². The Morgan fingerprint density at radius 1 is 1.12 bits per heavy atom. The first-order valence-corrected chi connectivity index (χ1v) is 11.4. The van der Waals surface area contributed by atoms with Crippen LogP contribution in [0.15, 0.2) is 48.5 Å². The molecule has 2 aromatic rings. The molecule has 0 unspecified atom stereocenters. The average Bonchev–Trinajstić information content (AvgIpc) is 3.27. The number of rotatable bonds is 4. The van der Waals surface area contributed by atoms with Gasteiger partial charge >= 0.3 is 0 Å². The third-order valence-electron chi connectivity index (χ3n) is 7.63. The second-order valence-corrected chi connectivity index (χ2v) is 9.80. The second kappa shape index (κ2) is 7.89. The fourth-order valence-electron chi connectivity index (χ4n) is 6.10. The van der Waals surface area contributed by atoms with Crippen LogP contribution in [0, 0.1) is 39.7 Å². The van der Waals surface area contributed by atoms with Crippen molar-refractivity contribution in [1.82, 2.24) is 0 Å². The van der Waals surface area contributed by atoms with Gasteiger partial charge in [-0.1, -0.05) is 32.0 Å². The van der Waals surface area contributed by atoms with E-state index in [2.05, 4.69) is 0 Å². The van der Waals surface area contributed by atoms with Crippen LogP contribution in [0.2, 0.25) is 0 Å². The summed E-state index contributed by atoms with van der Waals surface area (Å²) in [5.41, 5.74) is 0.638. The van der Waals surface area contributed by atoms with E-state index in [0.29, 0.717) is 12.0 Å². The maximum atomic E-state index is 13.6. The number of imide groups is 1. The zero-order valence-corrected chi connectivity index (χ0v) is 18.8. The summed E-state index contributed by atoms with van der Waals surface area (Å²) >= 11 is 0. The number of aromatic hydroxyl groups is 1. The molecule has 2 N–H and O–H groups in total. The van der Waals surface area contributed by atoms with Crippen LogP contribution in [-0.4, -0.2) is 32.7 Å². The van der Waals surface area contributed by atoms with Crippen LogP contribution < -0.4 is 4.90 Å². The summed E-state index contributed by atoms with van der Waals surface area (Å²) in [6.07, 6.45) is 0.0430. The van der Waals surface area contributed by atoms with Crippen LogP contribution in [0.25, 0.3) is 0 Å². The molecule has 0 bridgehead atoms. The van der Waals surface area contributed by atoms with Gasteiger partial charge in [0.15, 0.2) is 5.79 Å². The number of carbonyl (C=O) groups is 2. The minimum Gasteiger partial charge on any atom is -0.508 e. The molecule has 3 aliphatic rings. The van der Waals surface area contributed by atoms with Gasteiger partial charge in [-0.25, -0.2) is 4.90 Å². The molecule has 1 saturated carbocycles. The second-order valence-electron chi connectivity index (χ2n) is 9.80. The highest BCUT2D eigenvalue weighted by Crippen LogP contribution is 2.60. The molecule has 2 heterocycles. The van der Waals surface area contributed by atoms with Crippen LogP contribution in [0.3, 0.4) is 0 Å². The number of carbonyl (C=O) groups excluding carboxylic acids is 2. The number of nitrogens with zero attached hydrogens (tertiary/aromatic N) is 2. The number of non-ortho nitro benzene ring substituents is 1. The highest BCUT2D eigenvalue weighted by Gasteiger charge is 2.67. The van der Waals surface area contributed by atoms with Crippen LogP contribution in [-0.2, 0) is 14.3 Å². The molecule has 2 aromatic carbocycles. The maximum Gasteiger partial charge on any atom is 0.271 e. The standard InChI is InChI=1S/C25H26N2O7/c1-13(2)19-11-18-22(20-12-21(34-25(19,20)31)14-5-3-8-17(28)9-14)24(30)26(23(18)29)15-6-4-7-16(10-15)27(32)33/h3-10,13,18-22,28,31H,11-12H2,1-2H3/t18-,19+,20-,21-,22-,25+/m0/s1. The van der Waals surface area contributed by atoms with Gasteiger partial charge in [0.1, 0.15) is 5.75 Å². The Morgan fingerprint density at radius 3 is 2.53 bits per heavy atom. The summed E-state index contributed by atoms with van der Waals surface area (Å²) in [6, 6.07) is 12.1. The summed E-state index contributed by atoms with van der Waals surface area (Å²) in [6.45, 7) is 3.90. The molecule has 3 fully saturated rings. The topological polar surface area (TPSA) is 130 Å². The molecule has 9 heteroatoms. The molecule has 2 aliphatic heterocycles. The van der Waals surface area contributed by atoms with Crippen molar-refractivity contribution in [3.05, 3.63) is 64.2 Å². The third kappa shape index (κ3) is 3.30. The summed E-state index contributed by atoms with van der Waals surface area (Å²) in [5.74, 6) is -4.89. The zero-order chi connectivity index (χ0) is 24.4. The van der Waals surface area contributed by atoms with Crippen molar-refractivity contribution in [2.24, 2.45) is 29.6 Å². The van der Waals surface area contributed by atoms with Crippen LogP contribution in [0.4, 0.5) is 11.4 Å². The number of amides is 2. The summed E-state index contributed by atoms with van der Waals surface area (Å²) in [5, 5.41) is 33.0. The lowest BCUT2D eigenvalue weighted by Crippen LogP contribution is -2.55. The summed E-state index contributed by atoms with van der Waals surface area (Å²) in [7, 11) is 0. The molecule has 9 nitrogen and oxygen atoms in total. The van der Waals surface area contributed by atoms with Gasteiger partial charge in [-0.2, -0.15) is 0 Å². The number of phenols is 1. The van der Waals surface area contributed by atoms with Crippen molar-refractivity contribution < 1.29 is 29.5 Å². The van der Waals surface area contributed by atoms with Crippen LogP contribution in [0.1, 0.15) is 38.4 Å². The third-order valence-corrected chi connectivity index (χ3v) is 7.63. The Kier molecular flexibility index (Phi) is 5.22. The Balaban J connectivity index is 1.54. The number of phenolic OH excluding ortho intramolecular Hbond substituents is 1. The first-order valence-electron chi connectivity index (χ1n) is 11.4. The van der Waals surface area contributed by atoms with Gasteiger partial charge in [0.2, 0.25) is 11.8 Å².